The first-order chi connectivity index (χ1) is 16.3. The van der Waals surface area contributed by atoms with Crippen LogP contribution in [0.5, 0.6) is 0 Å². The van der Waals surface area contributed by atoms with Gasteiger partial charge in [0, 0.05) is 26.3 Å². The molecule has 3 N–H and O–H groups in total. The van der Waals surface area contributed by atoms with E-state index in [2.05, 4.69) is 20.9 Å². The number of nitrogens with zero attached hydrogens (tertiary/aromatic N) is 4. The number of hydrogen-bond donors (Lipinski definition) is 3. The Kier molecular flexibility index (Phi) is 8.17. The van der Waals surface area contributed by atoms with Crippen molar-refractivity contribution in [2.45, 2.75) is 6.42 Å². The number of halogens is 1. The number of ether oxygens (including phenoxy) is 1. The van der Waals surface area contributed by atoms with Gasteiger partial charge in [0.05, 0.1) is 53.2 Å². The molecule has 3 aromatic rings. The molecule has 3 rings (SSSR count). The summed E-state index contributed by atoms with van der Waals surface area (Å²) in [5, 5.41) is 21.9. The first-order valence-corrected chi connectivity index (χ1v) is 10.5. The van der Waals surface area contributed by atoms with Gasteiger partial charge in [-0.15, -0.1) is 5.10 Å². The van der Waals surface area contributed by atoms with Gasteiger partial charge in [0.2, 0.25) is 5.91 Å². The van der Waals surface area contributed by atoms with Crippen molar-refractivity contribution in [1.29, 1.82) is 0 Å². The number of methoxy groups -OCH3 is 1. The van der Waals surface area contributed by atoms with Crippen molar-refractivity contribution in [3.63, 3.8) is 0 Å². The minimum atomic E-state index is -1.32. The largest absolute Gasteiger partial charge is 0.465 e. The number of carboxylic acid groups (broad SMARTS) is 1. The molecule has 0 aliphatic carbocycles. The van der Waals surface area contributed by atoms with Gasteiger partial charge in [0.15, 0.2) is 5.78 Å². The fraction of sp³-hybridized carbons (Fsp3) is 0.227. The lowest BCUT2D eigenvalue weighted by molar-refractivity contribution is -0.115. The molecule has 0 aliphatic heterocycles. The van der Waals surface area contributed by atoms with Gasteiger partial charge in [-0.2, -0.15) is 0 Å². The van der Waals surface area contributed by atoms with E-state index in [1.165, 1.54) is 23.0 Å². The molecule has 0 spiro atoms. The molecule has 34 heavy (non-hydrogen) atoms. The standard InChI is InChI=1S/C22H23ClN6O5/c1-28(8-9-34-2)19-12-18(26-22(32)33)17(11-16(19)23)25-21(31)13-20(30)14-4-3-5-15(10-14)29-7-6-24-27-29/h3-7,10-12,26H,8-9,13H2,1-2H3,(H,25,31)(H,32,33). The average molecular weight is 487 g/mol. The second-order valence-corrected chi connectivity index (χ2v) is 7.65. The molecule has 0 radical (unpaired) electrons. The molecule has 0 bridgehead atoms. The van der Waals surface area contributed by atoms with Crippen molar-refractivity contribution in [1.82, 2.24) is 15.0 Å². The molecule has 0 saturated heterocycles. The number of likely N-dealkylation sites (N-methyl/N-ethyl adjacent to an activating group) is 1. The van der Waals surface area contributed by atoms with Gasteiger partial charge in [-0.05, 0) is 24.3 Å². The van der Waals surface area contributed by atoms with Crippen molar-refractivity contribution in [3.8, 4) is 5.69 Å². The molecule has 12 heteroatoms. The molecule has 0 aliphatic rings. The molecule has 2 aromatic carbocycles. The summed E-state index contributed by atoms with van der Waals surface area (Å²) in [4.78, 5) is 38.4. The summed E-state index contributed by atoms with van der Waals surface area (Å²) < 4.78 is 6.55. The molecule has 2 amide bonds. The Morgan fingerprint density at radius 3 is 2.62 bits per heavy atom. The third-order valence-corrected chi connectivity index (χ3v) is 5.12. The number of carbonyl (C=O) groups is 3. The van der Waals surface area contributed by atoms with E-state index in [1.54, 1.807) is 49.5 Å². The van der Waals surface area contributed by atoms with Crippen molar-refractivity contribution in [3.05, 3.63) is 59.4 Å². The number of Topliss-reactive ketones (excluding diaryl/α,β-unsaturated/α-hetero) is 1. The van der Waals surface area contributed by atoms with E-state index < -0.39 is 24.2 Å². The van der Waals surface area contributed by atoms with E-state index in [-0.39, 0.29) is 16.4 Å². The first kappa shape index (κ1) is 24.7. The number of nitrogens with one attached hydrogen (secondary N) is 2. The average Bonchev–Trinajstić information content (AvgIpc) is 3.34. The van der Waals surface area contributed by atoms with Crippen LogP contribution in [0.25, 0.3) is 5.69 Å². The fourth-order valence-electron chi connectivity index (χ4n) is 3.14. The molecular formula is C22H23ClN6O5. The van der Waals surface area contributed by atoms with Crippen molar-refractivity contribution >= 4 is 46.4 Å². The summed E-state index contributed by atoms with van der Waals surface area (Å²) in [7, 11) is 3.34. The number of amides is 2. The van der Waals surface area contributed by atoms with Crippen LogP contribution < -0.4 is 15.5 Å². The van der Waals surface area contributed by atoms with Crippen molar-refractivity contribution < 1.29 is 24.2 Å². The number of carbonyl (C=O) groups excluding carboxylic acids is 2. The lowest BCUT2D eigenvalue weighted by Crippen LogP contribution is -2.23. The summed E-state index contributed by atoms with van der Waals surface area (Å²) in [6.45, 7) is 0.948. The van der Waals surface area contributed by atoms with E-state index >= 15 is 0 Å². The van der Waals surface area contributed by atoms with E-state index in [1.807, 2.05) is 0 Å². The summed E-state index contributed by atoms with van der Waals surface area (Å²) in [6, 6.07) is 9.56. The third-order valence-electron chi connectivity index (χ3n) is 4.82. The van der Waals surface area contributed by atoms with Crippen molar-refractivity contribution in [2.75, 3.05) is 42.8 Å². The number of hydrogen-bond acceptors (Lipinski definition) is 7. The summed E-state index contributed by atoms with van der Waals surface area (Å²) in [5.41, 5.74) is 1.73. The maximum Gasteiger partial charge on any atom is 0.409 e. The number of ketones is 1. The van der Waals surface area contributed by atoms with Crippen LogP contribution >= 0.6 is 11.6 Å². The Bertz CT molecular complexity index is 1180. The number of aromatic nitrogens is 3. The zero-order chi connectivity index (χ0) is 24.7. The minimum Gasteiger partial charge on any atom is -0.465 e. The molecule has 1 aromatic heterocycles. The Balaban J connectivity index is 1.76. The zero-order valence-corrected chi connectivity index (χ0v) is 19.2. The number of anilines is 3. The minimum absolute atomic E-state index is 0.116. The van der Waals surface area contributed by atoms with Gasteiger partial charge in [0.25, 0.3) is 0 Å². The first-order valence-electron chi connectivity index (χ1n) is 10.1. The predicted molar refractivity (Wildman–Crippen MR) is 127 cm³/mol. The topological polar surface area (TPSA) is 139 Å². The summed E-state index contributed by atoms with van der Waals surface area (Å²) in [5.74, 6) is -1.05. The molecular weight excluding hydrogens is 464 g/mol. The van der Waals surface area contributed by atoms with E-state index in [0.29, 0.717) is 30.1 Å². The summed E-state index contributed by atoms with van der Waals surface area (Å²) >= 11 is 6.37. The second-order valence-electron chi connectivity index (χ2n) is 7.24. The Morgan fingerprint density at radius 1 is 1.18 bits per heavy atom. The van der Waals surface area contributed by atoms with E-state index in [9.17, 15) is 19.5 Å². The zero-order valence-electron chi connectivity index (χ0n) is 18.5. The highest BCUT2D eigenvalue weighted by molar-refractivity contribution is 6.34. The van der Waals surface area contributed by atoms with Crippen LogP contribution in [-0.4, -0.2) is 65.2 Å². The maximum absolute atomic E-state index is 12.7. The lowest BCUT2D eigenvalue weighted by Gasteiger charge is -2.22. The highest BCUT2D eigenvalue weighted by Crippen LogP contribution is 2.35. The normalized spacial score (nSPS) is 10.6. The molecule has 0 unspecified atom stereocenters. The molecule has 1 heterocycles. The predicted octanol–water partition coefficient (Wildman–Crippen LogP) is 3.30. The van der Waals surface area contributed by atoms with Crippen molar-refractivity contribution in [2.24, 2.45) is 0 Å². The molecule has 0 saturated carbocycles. The molecule has 178 valence electrons. The summed E-state index contributed by atoms with van der Waals surface area (Å²) in [6.07, 6.45) is 1.37. The SMILES string of the molecule is COCCN(C)c1cc(NC(=O)O)c(NC(=O)CC(=O)c2cccc(-n3ccnn3)c2)cc1Cl. The maximum atomic E-state index is 12.7. The van der Waals surface area contributed by atoms with Gasteiger partial charge in [-0.1, -0.05) is 28.9 Å². The Hall–Kier alpha value is -3.96. The van der Waals surface area contributed by atoms with E-state index in [0.717, 1.165) is 0 Å². The third kappa shape index (κ3) is 6.30. The quantitative estimate of drug-likeness (QED) is 0.293. The number of rotatable bonds is 10. The van der Waals surface area contributed by atoms with Gasteiger partial charge in [0.1, 0.15) is 0 Å². The highest BCUT2D eigenvalue weighted by atomic mass is 35.5. The van der Waals surface area contributed by atoms with Crippen LogP contribution in [0.1, 0.15) is 16.8 Å². The van der Waals surface area contributed by atoms with Crippen LogP contribution in [0, 0.1) is 0 Å². The van der Waals surface area contributed by atoms with Crippen LogP contribution in [0.15, 0.2) is 48.8 Å². The smallest absolute Gasteiger partial charge is 0.409 e. The van der Waals surface area contributed by atoms with E-state index in [4.69, 9.17) is 16.3 Å². The number of benzene rings is 2. The molecule has 0 atom stereocenters. The van der Waals surface area contributed by atoms with Crippen LogP contribution in [0.3, 0.4) is 0 Å². The van der Waals surface area contributed by atoms with Gasteiger partial charge < -0.3 is 20.1 Å². The lowest BCUT2D eigenvalue weighted by atomic mass is 10.1. The van der Waals surface area contributed by atoms with Gasteiger partial charge >= 0.3 is 6.09 Å². The Morgan fingerprint density at radius 2 is 1.94 bits per heavy atom. The van der Waals surface area contributed by atoms with Gasteiger partial charge in [-0.3, -0.25) is 14.9 Å². The van der Waals surface area contributed by atoms with Crippen LogP contribution in [-0.2, 0) is 9.53 Å². The second kappa shape index (κ2) is 11.3. The van der Waals surface area contributed by atoms with Crippen LogP contribution in [0.4, 0.5) is 21.9 Å². The fourth-order valence-corrected chi connectivity index (χ4v) is 3.44. The monoisotopic (exact) mass is 486 g/mol. The highest BCUT2D eigenvalue weighted by Gasteiger charge is 2.18. The Labute approximate surface area is 200 Å². The molecule has 0 fully saturated rings. The van der Waals surface area contributed by atoms with Crippen LogP contribution in [0.2, 0.25) is 5.02 Å². The molecule has 11 nitrogen and oxygen atoms in total. The van der Waals surface area contributed by atoms with Gasteiger partial charge in [-0.25, -0.2) is 9.48 Å².